The van der Waals surface area contributed by atoms with E-state index in [1.807, 2.05) is 0 Å². The van der Waals surface area contributed by atoms with Crippen LogP contribution in [0.1, 0.15) is 53.9 Å². The van der Waals surface area contributed by atoms with Gasteiger partial charge >= 0.3 is 0 Å². The maximum atomic E-state index is 5.46. The van der Waals surface area contributed by atoms with Crippen LogP contribution in [-0.4, -0.2) is 25.8 Å². The minimum atomic E-state index is 0.0165. The normalized spacial score (nSPS) is 16.4. The molecule has 0 aliphatic carbocycles. The molecule has 0 radical (unpaired) electrons. The third kappa shape index (κ3) is 6.16. The second kappa shape index (κ2) is 6.49. The van der Waals surface area contributed by atoms with Crippen LogP contribution in [0.4, 0.5) is 0 Å². The smallest absolute Gasteiger partial charge is 0.0623 e. The molecule has 0 amide bonds. The van der Waals surface area contributed by atoms with Gasteiger partial charge in [-0.1, -0.05) is 20.8 Å². The van der Waals surface area contributed by atoms with Gasteiger partial charge in [0.2, 0.25) is 0 Å². The largest absolute Gasteiger partial charge is 0.379 e. The third-order valence-corrected chi connectivity index (χ3v) is 3.54. The average Bonchev–Trinajstić information content (AvgIpc) is 2.24. The number of nitrogens with one attached hydrogen (secondary N) is 1. The fourth-order valence-corrected chi connectivity index (χ4v) is 1.52. The summed E-state index contributed by atoms with van der Waals surface area (Å²) in [6.07, 6.45) is 3.57. The molecular weight excluding hydrogens is 186 g/mol. The van der Waals surface area contributed by atoms with Crippen molar-refractivity contribution in [2.75, 3.05) is 20.2 Å². The SMILES string of the molecule is CCNCC(C)(CC)CCC(C)(C)OC. The van der Waals surface area contributed by atoms with Crippen molar-refractivity contribution >= 4 is 0 Å². The van der Waals surface area contributed by atoms with E-state index >= 15 is 0 Å². The fourth-order valence-electron chi connectivity index (χ4n) is 1.52. The Morgan fingerprint density at radius 1 is 1.07 bits per heavy atom. The van der Waals surface area contributed by atoms with Crippen LogP contribution in [-0.2, 0) is 4.74 Å². The second-order valence-electron chi connectivity index (χ2n) is 5.41. The molecule has 1 N–H and O–H groups in total. The van der Waals surface area contributed by atoms with Gasteiger partial charge in [-0.2, -0.15) is 0 Å². The highest BCUT2D eigenvalue weighted by Gasteiger charge is 2.26. The summed E-state index contributed by atoms with van der Waals surface area (Å²) in [6, 6.07) is 0. The Labute approximate surface area is 95.8 Å². The predicted molar refractivity (Wildman–Crippen MR) is 67.3 cm³/mol. The van der Waals surface area contributed by atoms with Crippen LogP contribution < -0.4 is 5.32 Å². The summed E-state index contributed by atoms with van der Waals surface area (Å²) < 4.78 is 5.46. The monoisotopic (exact) mass is 215 g/mol. The molecule has 0 heterocycles. The molecule has 0 rings (SSSR count). The maximum Gasteiger partial charge on any atom is 0.0623 e. The van der Waals surface area contributed by atoms with Gasteiger partial charge in [0, 0.05) is 13.7 Å². The lowest BCUT2D eigenvalue weighted by atomic mass is 9.80. The van der Waals surface area contributed by atoms with Crippen molar-refractivity contribution in [2.24, 2.45) is 5.41 Å². The van der Waals surface area contributed by atoms with Gasteiger partial charge < -0.3 is 10.1 Å². The van der Waals surface area contributed by atoms with Crippen molar-refractivity contribution in [3.63, 3.8) is 0 Å². The molecule has 0 aromatic carbocycles. The Hall–Kier alpha value is -0.0800. The van der Waals surface area contributed by atoms with Crippen LogP contribution in [0.5, 0.6) is 0 Å². The molecule has 0 aliphatic rings. The minimum Gasteiger partial charge on any atom is -0.379 e. The molecule has 0 aromatic heterocycles. The Balaban J connectivity index is 4.08. The molecule has 0 fully saturated rings. The van der Waals surface area contributed by atoms with Crippen LogP contribution in [0.3, 0.4) is 0 Å². The first-order valence-corrected chi connectivity index (χ1v) is 6.15. The van der Waals surface area contributed by atoms with E-state index < -0.39 is 0 Å². The molecule has 0 saturated heterocycles. The zero-order valence-electron chi connectivity index (χ0n) is 11.4. The van der Waals surface area contributed by atoms with E-state index in [0.717, 1.165) is 19.5 Å². The molecule has 0 saturated carbocycles. The molecule has 0 aromatic rings. The molecule has 15 heavy (non-hydrogen) atoms. The fraction of sp³-hybridized carbons (Fsp3) is 1.00. The number of rotatable bonds is 8. The maximum absolute atomic E-state index is 5.46. The van der Waals surface area contributed by atoms with E-state index in [1.54, 1.807) is 7.11 Å². The summed E-state index contributed by atoms with van der Waals surface area (Å²) in [5.74, 6) is 0. The van der Waals surface area contributed by atoms with Gasteiger partial charge in [-0.15, -0.1) is 0 Å². The van der Waals surface area contributed by atoms with Gasteiger partial charge in [-0.05, 0) is 45.1 Å². The second-order valence-corrected chi connectivity index (χ2v) is 5.41. The van der Waals surface area contributed by atoms with Crippen molar-refractivity contribution in [3.05, 3.63) is 0 Å². The Kier molecular flexibility index (Phi) is 6.46. The molecule has 92 valence electrons. The molecule has 0 aliphatic heterocycles. The van der Waals surface area contributed by atoms with E-state index in [4.69, 9.17) is 4.74 Å². The van der Waals surface area contributed by atoms with Crippen molar-refractivity contribution in [2.45, 2.75) is 59.5 Å². The van der Waals surface area contributed by atoms with Gasteiger partial charge in [0.25, 0.3) is 0 Å². The predicted octanol–water partition coefficient (Wildman–Crippen LogP) is 3.22. The lowest BCUT2D eigenvalue weighted by Crippen LogP contribution is -2.34. The van der Waals surface area contributed by atoms with Crippen LogP contribution in [0.25, 0.3) is 0 Å². The van der Waals surface area contributed by atoms with Crippen LogP contribution in [0.2, 0.25) is 0 Å². The van der Waals surface area contributed by atoms with E-state index in [9.17, 15) is 0 Å². The number of hydrogen-bond donors (Lipinski definition) is 1. The minimum absolute atomic E-state index is 0.0165. The third-order valence-electron chi connectivity index (χ3n) is 3.54. The molecule has 1 atom stereocenters. The molecule has 2 nitrogen and oxygen atoms in total. The van der Waals surface area contributed by atoms with Crippen molar-refractivity contribution in [1.29, 1.82) is 0 Å². The van der Waals surface area contributed by atoms with E-state index in [0.29, 0.717) is 5.41 Å². The lowest BCUT2D eigenvalue weighted by molar-refractivity contribution is 0.00436. The Morgan fingerprint density at radius 2 is 1.67 bits per heavy atom. The first-order chi connectivity index (χ1) is 6.89. The standard InChI is InChI=1S/C13H29NO/c1-7-13(5,11-14-8-2)10-9-12(3,4)15-6/h14H,7-11H2,1-6H3. The summed E-state index contributed by atoms with van der Waals surface area (Å²) in [5, 5.41) is 3.45. The number of ether oxygens (including phenoxy) is 1. The van der Waals surface area contributed by atoms with Crippen LogP contribution in [0, 0.1) is 5.41 Å². The first kappa shape index (κ1) is 14.9. The quantitative estimate of drug-likeness (QED) is 0.671. The van der Waals surface area contributed by atoms with E-state index in [1.165, 1.54) is 12.8 Å². The van der Waals surface area contributed by atoms with Crippen molar-refractivity contribution < 1.29 is 4.74 Å². The summed E-state index contributed by atoms with van der Waals surface area (Å²) in [5.41, 5.74) is 0.425. The molecule has 1 unspecified atom stereocenters. The molecular formula is C13H29NO. The van der Waals surface area contributed by atoms with Crippen LogP contribution in [0.15, 0.2) is 0 Å². The Bertz CT molecular complexity index is 168. The van der Waals surface area contributed by atoms with Gasteiger partial charge in [-0.25, -0.2) is 0 Å². The van der Waals surface area contributed by atoms with Gasteiger partial charge in [0.1, 0.15) is 0 Å². The van der Waals surface area contributed by atoms with Gasteiger partial charge in [0.15, 0.2) is 0 Å². The van der Waals surface area contributed by atoms with Gasteiger partial charge in [0.05, 0.1) is 5.60 Å². The van der Waals surface area contributed by atoms with E-state index in [2.05, 4.69) is 39.9 Å². The lowest BCUT2D eigenvalue weighted by Gasteiger charge is -2.32. The first-order valence-electron chi connectivity index (χ1n) is 6.15. The highest BCUT2D eigenvalue weighted by Crippen LogP contribution is 2.30. The zero-order valence-corrected chi connectivity index (χ0v) is 11.4. The summed E-state index contributed by atoms with van der Waals surface area (Å²) >= 11 is 0. The summed E-state index contributed by atoms with van der Waals surface area (Å²) in [6.45, 7) is 13.3. The highest BCUT2D eigenvalue weighted by molar-refractivity contribution is 4.79. The van der Waals surface area contributed by atoms with Gasteiger partial charge in [-0.3, -0.25) is 0 Å². The molecule has 2 heteroatoms. The number of hydrogen-bond acceptors (Lipinski definition) is 2. The topological polar surface area (TPSA) is 21.3 Å². The number of methoxy groups -OCH3 is 1. The Morgan fingerprint density at radius 3 is 2.07 bits per heavy atom. The summed E-state index contributed by atoms with van der Waals surface area (Å²) in [4.78, 5) is 0. The van der Waals surface area contributed by atoms with Crippen molar-refractivity contribution in [3.8, 4) is 0 Å². The molecule has 0 spiro atoms. The van der Waals surface area contributed by atoms with Crippen LogP contribution >= 0.6 is 0 Å². The average molecular weight is 215 g/mol. The molecule has 0 bridgehead atoms. The van der Waals surface area contributed by atoms with Crippen molar-refractivity contribution in [1.82, 2.24) is 5.32 Å². The highest BCUT2D eigenvalue weighted by atomic mass is 16.5. The zero-order chi connectivity index (χ0) is 11.9. The van der Waals surface area contributed by atoms with E-state index in [-0.39, 0.29) is 5.60 Å². The summed E-state index contributed by atoms with van der Waals surface area (Å²) in [7, 11) is 1.80.